The maximum Gasteiger partial charge on any atom is 0.349 e. The number of allylic oxidation sites excluding steroid dienone is 1. The highest BCUT2D eigenvalue weighted by molar-refractivity contribution is 6.30. The van der Waals surface area contributed by atoms with Crippen molar-refractivity contribution in [3.63, 3.8) is 0 Å². The molecule has 178 valence electrons. The van der Waals surface area contributed by atoms with Crippen LogP contribution in [0, 0.1) is 11.3 Å². The molecule has 2 N–H and O–H groups in total. The van der Waals surface area contributed by atoms with Crippen LogP contribution >= 0.6 is 11.6 Å². The van der Waals surface area contributed by atoms with E-state index in [1.54, 1.807) is 68.8 Å². The number of nitrogens with zero attached hydrogens (tertiary/aromatic N) is 1. The lowest BCUT2D eigenvalue weighted by atomic mass is 9.83. The molecule has 1 unspecified atom stereocenters. The standard InChI is InChI=1S/C26H21ClN2O6/c1-31-17-8-10-22(32-2)20(11-17)25-19-9-7-18(12-23(19)35-26(29)21(25)13-28)34-24(30)14-33-16-5-3-15(27)4-6-16/h3-12,25H,14,29H2,1-2H3. The van der Waals surface area contributed by atoms with Crippen LogP contribution in [0.1, 0.15) is 17.0 Å². The molecule has 3 aromatic carbocycles. The van der Waals surface area contributed by atoms with E-state index in [9.17, 15) is 10.1 Å². The van der Waals surface area contributed by atoms with Crippen molar-refractivity contribution in [2.75, 3.05) is 20.8 Å². The number of methoxy groups -OCH3 is 2. The normalized spacial score (nSPS) is 14.3. The minimum absolute atomic E-state index is 0.0515. The van der Waals surface area contributed by atoms with Gasteiger partial charge in [0.1, 0.15) is 40.4 Å². The molecular formula is C26H21ClN2O6. The largest absolute Gasteiger partial charge is 0.497 e. The molecule has 9 heteroatoms. The van der Waals surface area contributed by atoms with Crippen LogP contribution in [0.25, 0.3) is 0 Å². The molecule has 0 aliphatic carbocycles. The van der Waals surface area contributed by atoms with E-state index in [0.717, 1.165) is 0 Å². The number of nitrogens with two attached hydrogens (primary N) is 1. The highest BCUT2D eigenvalue weighted by Crippen LogP contribution is 2.46. The molecule has 0 saturated heterocycles. The van der Waals surface area contributed by atoms with Crippen molar-refractivity contribution in [3.8, 4) is 34.8 Å². The zero-order chi connectivity index (χ0) is 24.9. The summed E-state index contributed by atoms with van der Waals surface area (Å²) in [4.78, 5) is 12.3. The second kappa shape index (κ2) is 10.3. The van der Waals surface area contributed by atoms with Crippen molar-refractivity contribution in [3.05, 3.63) is 88.3 Å². The van der Waals surface area contributed by atoms with Crippen molar-refractivity contribution in [2.45, 2.75) is 5.92 Å². The summed E-state index contributed by atoms with van der Waals surface area (Å²) >= 11 is 5.85. The Balaban J connectivity index is 1.60. The first-order valence-electron chi connectivity index (χ1n) is 10.5. The maximum absolute atomic E-state index is 12.3. The fourth-order valence-corrected chi connectivity index (χ4v) is 3.84. The quantitative estimate of drug-likeness (QED) is 0.377. The molecule has 3 aromatic rings. The zero-order valence-electron chi connectivity index (χ0n) is 18.9. The highest BCUT2D eigenvalue weighted by Gasteiger charge is 2.33. The SMILES string of the molecule is COc1ccc(OC)c(C2C(C#N)=C(N)Oc3cc(OC(=O)COc4ccc(Cl)cc4)ccc32)c1. The van der Waals surface area contributed by atoms with E-state index >= 15 is 0 Å². The van der Waals surface area contributed by atoms with Crippen molar-refractivity contribution in [1.29, 1.82) is 5.26 Å². The molecule has 0 aromatic heterocycles. The first kappa shape index (κ1) is 23.8. The van der Waals surface area contributed by atoms with E-state index in [-0.39, 0.29) is 23.8 Å². The van der Waals surface area contributed by atoms with Gasteiger partial charge < -0.3 is 29.4 Å². The van der Waals surface area contributed by atoms with Gasteiger partial charge in [-0.2, -0.15) is 5.26 Å². The predicted molar refractivity (Wildman–Crippen MR) is 128 cm³/mol. The van der Waals surface area contributed by atoms with E-state index in [4.69, 9.17) is 41.0 Å². The zero-order valence-corrected chi connectivity index (χ0v) is 19.7. The second-order valence-corrected chi connectivity index (χ2v) is 7.89. The Bertz CT molecular complexity index is 1330. The number of nitriles is 1. The fraction of sp³-hybridized carbons (Fsp3) is 0.154. The number of ether oxygens (including phenoxy) is 5. The Kier molecular flexibility index (Phi) is 6.99. The summed E-state index contributed by atoms with van der Waals surface area (Å²) in [6.45, 7) is -0.302. The third-order valence-corrected chi connectivity index (χ3v) is 5.59. The van der Waals surface area contributed by atoms with Crippen LogP contribution in [0.3, 0.4) is 0 Å². The van der Waals surface area contributed by atoms with E-state index in [2.05, 4.69) is 6.07 Å². The molecule has 4 rings (SSSR count). The lowest BCUT2D eigenvalue weighted by Gasteiger charge is -2.28. The monoisotopic (exact) mass is 492 g/mol. The van der Waals surface area contributed by atoms with Crippen LogP contribution in [0.4, 0.5) is 0 Å². The first-order chi connectivity index (χ1) is 16.9. The van der Waals surface area contributed by atoms with E-state index in [1.165, 1.54) is 6.07 Å². The van der Waals surface area contributed by atoms with Gasteiger partial charge in [0.2, 0.25) is 5.88 Å². The molecule has 0 fully saturated rings. The van der Waals surface area contributed by atoms with Gasteiger partial charge in [0.25, 0.3) is 0 Å². The minimum Gasteiger partial charge on any atom is -0.497 e. The summed E-state index contributed by atoms with van der Waals surface area (Å²) in [5.74, 6) is 0.976. The number of halogens is 1. The second-order valence-electron chi connectivity index (χ2n) is 7.45. The molecule has 1 heterocycles. The molecule has 0 bridgehead atoms. The number of hydrogen-bond donors (Lipinski definition) is 1. The summed E-state index contributed by atoms with van der Waals surface area (Å²) in [6.07, 6.45) is 0. The average molecular weight is 493 g/mol. The van der Waals surface area contributed by atoms with Gasteiger partial charge in [-0.3, -0.25) is 0 Å². The number of rotatable bonds is 7. The summed E-state index contributed by atoms with van der Waals surface area (Å²) in [6, 6.07) is 18.9. The lowest BCUT2D eigenvalue weighted by molar-refractivity contribution is -0.136. The minimum atomic E-state index is -0.608. The van der Waals surface area contributed by atoms with Gasteiger partial charge in [-0.25, -0.2) is 4.79 Å². The topological polar surface area (TPSA) is 113 Å². The Morgan fingerprint density at radius 2 is 1.71 bits per heavy atom. The van der Waals surface area contributed by atoms with Crippen molar-refractivity contribution in [2.24, 2.45) is 5.73 Å². The number of carbonyl (C=O) groups excluding carboxylic acids is 1. The van der Waals surface area contributed by atoms with Gasteiger partial charge in [-0.05, 0) is 48.5 Å². The third-order valence-electron chi connectivity index (χ3n) is 5.34. The predicted octanol–water partition coefficient (Wildman–Crippen LogP) is 4.56. The number of benzene rings is 3. The van der Waals surface area contributed by atoms with Crippen LogP contribution in [0.2, 0.25) is 5.02 Å². The molecule has 0 spiro atoms. The molecule has 1 aliphatic rings. The van der Waals surface area contributed by atoms with E-state index in [0.29, 0.717) is 39.1 Å². The van der Waals surface area contributed by atoms with Gasteiger partial charge in [0, 0.05) is 22.2 Å². The molecule has 0 radical (unpaired) electrons. The number of hydrogen-bond acceptors (Lipinski definition) is 8. The van der Waals surface area contributed by atoms with Crippen LogP contribution in [-0.2, 0) is 4.79 Å². The van der Waals surface area contributed by atoms with Gasteiger partial charge in [-0.1, -0.05) is 17.7 Å². The van der Waals surface area contributed by atoms with Crippen molar-refractivity contribution in [1.82, 2.24) is 0 Å². The number of fused-ring (bicyclic) bond motifs is 1. The van der Waals surface area contributed by atoms with Crippen LogP contribution in [0.5, 0.6) is 28.7 Å². The van der Waals surface area contributed by atoms with Crippen LogP contribution in [-0.4, -0.2) is 26.8 Å². The Morgan fingerprint density at radius 3 is 2.40 bits per heavy atom. The molecule has 8 nitrogen and oxygen atoms in total. The summed E-state index contributed by atoms with van der Waals surface area (Å²) in [5.41, 5.74) is 7.65. The number of carbonyl (C=O) groups is 1. The molecule has 1 atom stereocenters. The highest BCUT2D eigenvalue weighted by atomic mass is 35.5. The molecule has 0 amide bonds. The molecule has 1 aliphatic heterocycles. The van der Waals surface area contributed by atoms with Gasteiger partial charge >= 0.3 is 5.97 Å². The first-order valence-corrected chi connectivity index (χ1v) is 10.8. The Labute approximate surface area is 207 Å². The average Bonchev–Trinajstić information content (AvgIpc) is 2.87. The number of esters is 1. The Hall–Kier alpha value is -4.35. The molecule has 0 saturated carbocycles. The van der Waals surface area contributed by atoms with Crippen molar-refractivity contribution < 1.29 is 28.5 Å². The maximum atomic E-state index is 12.3. The van der Waals surface area contributed by atoms with Gasteiger partial charge in [-0.15, -0.1) is 0 Å². The fourth-order valence-electron chi connectivity index (χ4n) is 3.72. The van der Waals surface area contributed by atoms with E-state index in [1.807, 2.05) is 0 Å². The molecule has 35 heavy (non-hydrogen) atoms. The lowest BCUT2D eigenvalue weighted by Crippen LogP contribution is -2.22. The Morgan fingerprint density at radius 1 is 1.00 bits per heavy atom. The summed E-state index contributed by atoms with van der Waals surface area (Å²) < 4.78 is 27.4. The van der Waals surface area contributed by atoms with Crippen LogP contribution < -0.4 is 29.4 Å². The van der Waals surface area contributed by atoms with Crippen LogP contribution in [0.15, 0.2) is 72.1 Å². The summed E-state index contributed by atoms with van der Waals surface area (Å²) in [5, 5.41) is 10.4. The van der Waals surface area contributed by atoms with Gasteiger partial charge in [0.05, 0.1) is 20.1 Å². The smallest absolute Gasteiger partial charge is 0.349 e. The summed E-state index contributed by atoms with van der Waals surface area (Å²) in [7, 11) is 3.09. The van der Waals surface area contributed by atoms with E-state index < -0.39 is 11.9 Å². The van der Waals surface area contributed by atoms with Crippen molar-refractivity contribution >= 4 is 17.6 Å². The third kappa shape index (κ3) is 5.10. The molecular weight excluding hydrogens is 472 g/mol. The van der Waals surface area contributed by atoms with Gasteiger partial charge in [0.15, 0.2) is 6.61 Å².